The van der Waals surface area contributed by atoms with Crippen molar-refractivity contribution in [2.75, 3.05) is 18.9 Å². The third kappa shape index (κ3) is 5.13. The van der Waals surface area contributed by atoms with E-state index in [0.717, 1.165) is 0 Å². The number of hydrogen-bond donors (Lipinski definition) is 3. The van der Waals surface area contributed by atoms with Crippen molar-refractivity contribution in [1.29, 1.82) is 0 Å². The number of nitrogens with zero attached hydrogens (tertiary/aromatic N) is 5. The summed E-state index contributed by atoms with van der Waals surface area (Å²) in [6.45, 7) is 7.39. The van der Waals surface area contributed by atoms with Crippen molar-refractivity contribution < 1.29 is 24.0 Å². The molecule has 1 saturated heterocycles. The summed E-state index contributed by atoms with van der Waals surface area (Å²) in [5.74, 6) is -0.162. The van der Waals surface area contributed by atoms with Gasteiger partial charge in [0.2, 0.25) is 17.7 Å². The number of β-amino-alcohol motifs (C(OH)–C–C–N with tert-alkyl or cyclic N) is 1. The van der Waals surface area contributed by atoms with Crippen LogP contribution in [0.5, 0.6) is 0 Å². The average molecular weight is 447 g/mol. The molecule has 3 heterocycles. The van der Waals surface area contributed by atoms with Gasteiger partial charge in [-0.25, -0.2) is 4.68 Å². The Balaban J connectivity index is 1.78. The van der Waals surface area contributed by atoms with Crippen LogP contribution in [-0.2, 0) is 20.8 Å². The predicted molar refractivity (Wildman–Crippen MR) is 112 cm³/mol. The van der Waals surface area contributed by atoms with Gasteiger partial charge in [0, 0.05) is 32.3 Å². The standard InChI is InChI=1S/C20H29N7O5/c1-11-6-15(24-32-11)22-16(29)7-12-9-27(25-23-12)17(20(2,3)4)19(31)26-10-13(28)8-14(26)18(30)21-5/h6,9,13-14,17,28H,7-8,10H2,1-5H3,(H,21,30)(H,22,24,29)/t13?,14?,17-/m1/s1. The Morgan fingerprint density at radius 3 is 2.66 bits per heavy atom. The number of carbonyl (C=O) groups is 3. The molecule has 1 aliphatic rings. The highest BCUT2D eigenvalue weighted by molar-refractivity contribution is 5.91. The van der Waals surface area contributed by atoms with Gasteiger partial charge >= 0.3 is 0 Å². The number of aliphatic hydroxyl groups excluding tert-OH is 1. The van der Waals surface area contributed by atoms with Crippen LogP contribution in [-0.4, -0.2) is 73.6 Å². The summed E-state index contributed by atoms with van der Waals surface area (Å²) >= 11 is 0. The first-order chi connectivity index (χ1) is 15.0. The maximum atomic E-state index is 13.5. The summed E-state index contributed by atoms with van der Waals surface area (Å²) in [7, 11) is 1.49. The van der Waals surface area contributed by atoms with Gasteiger partial charge in [-0.2, -0.15) is 0 Å². The summed E-state index contributed by atoms with van der Waals surface area (Å²) < 4.78 is 6.33. The van der Waals surface area contributed by atoms with Crippen LogP contribution in [0, 0.1) is 12.3 Å². The highest BCUT2D eigenvalue weighted by Gasteiger charge is 2.45. The molecule has 2 aromatic heterocycles. The van der Waals surface area contributed by atoms with Crippen LogP contribution in [0.4, 0.5) is 5.82 Å². The second kappa shape index (κ2) is 9.07. The molecule has 0 saturated carbocycles. The van der Waals surface area contributed by atoms with Crippen molar-refractivity contribution in [2.24, 2.45) is 5.41 Å². The molecule has 0 aromatic carbocycles. The predicted octanol–water partition coefficient (Wildman–Crippen LogP) is 0.0507. The number of anilines is 1. The number of likely N-dealkylation sites (tertiary alicyclic amines) is 1. The Morgan fingerprint density at radius 2 is 2.06 bits per heavy atom. The van der Waals surface area contributed by atoms with Crippen LogP contribution in [0.15, 0.2) is 16.8 Å². The van der Waals surface area contributed by atoms with E-state index in [1.165, 1.54) is 16.6 Å². The van der Waals surface area contributed by atoms with Crippen LogP contribution in [0.2, 0.25) is 0 Å². The molecular weight excluding hydrogens is 418 g/mol. The smallest absolute Gasteiger partial charge is 0.248 e. The monoisotopic (exact) mass is 447 g/mol. The van der Waals surface area contributed by atoms with Crippen molar-refractivity contribution in [1.82, 2.24) is 30.4 Å². The van der Waals surface area contributed by atoms with Crippen LogP contribution in [0.3, 0.4) is 0 Å². The number of nitrogens with one attached hydrogen (secondary N) is 2. The SMILES string of the molecule is CNC(=O)C1CC(O)CN1C(=O)[C@@H](n1cc(CC(=O)Nc2cc(C)on2)nn1)C(C)(C)C. The van der Waals surface area contributed by atoms with Crippen molar-refractivity contribution in [3.63, 3.8) is 0 Å². The second-order valence-electron chi connectivity index (χ2n) is 9.02. The maximum Gasteiger partial charge on any atom is 0.248 e. The minimum absolute atomic E-state index is 0.0601. The van der Waals surface area contributed by atoms with Crippen molar-refractivity contribution in [3.8, 4) is 0 Å². The summed E-state index contributed by atoms with van der Waals surface area (Å²) in [4.78, 5) is 39.4. The summed E-state index contributed by atoms with van der Waals surface area (Å²) in [6.07, 6.45) is 0.868. The molecule has 174 valence electrons. The lowest BCUT2D eigenvalue weighted by molar-refractivity contribution is -0.144. The lowest BCUT2D eigenvalue weighted by atomic mass is 9.85. The van der Waals surface area contributed by atoms with Gasteiger partial charge in [-0.15, -0.1) is 5.10 Å². The maximum absolute atomic E-state index is 13.5. The zero-order valence-electron chi connectivity index (χ0n) is 18.8. The van der Waals surface area contributed by atoms with Crippen molar-refractivity contribution in [2.45, 2.75) is 58.7 Å². The number of rotatable bonds is 6. The van der Waals surface area contributed by atoms with E-state index in [-0.39, 0.29) is 37.1 Å². The Labute approximate surface area is 185 Å². The number of aliphatic hydroxyl groups is 1. The quantitative estimate of drug-likeness (QED) is 0.561. The zero-order valence-corrected chi connectivity index (χ0v) is 18.8. The lowest BCUT2D eigenvalue weighted by Crippen LogP contribution is -2.49. The minimum Gasteiger partial charge on any atom is -0.391 e. The van der Waals surface area contributed by atoms with E-state index in [4.69, 9.17) is 4.52 Å². The van der Waals surface area contributed by atoms with Gasteiger partial charge in [0.1, 0.15) is 17.8 Å². The van der Waals surface area contributed by atoms with Crippen LogP contribution in [0.1, 0.15) is 44.7 Å². The van der Waals surface area contributed by atoms with Gasteiger partial charge in [0.15, 0.2) is 5.82 Å². The number of hydrogen-bond acceptors (Lipinski definition) is 8. The molecule has 1 aliphatic heterocycles. The number of amides is 3. The van der Waals surface area contributed by atoms with E-state index >= 15 is 0 Å². The minimum atomic E-state index is -0.789. The molecule has 3 rings (SSSR count). The van der Waals surface area contributed by atoms with E-state index in [0.29, 0.717) is 17.3 Å². The summed E-state index contributed by atoms with van der Waals surface area (Å²) in [5.41, 5.74) is -0.211. The van der Waals surface area contributed by atoms with Crippen molar-refractivity contribution >= 4 is 23.5 Å². The molecule has 0 aliphatic carbocycles. The molecule has 3 atom stereocenters. The van der Waals surface area contributed by atoms with E-state index in [1.807, 2.05) is 20.8 Å². The molecule has 3 amide bonds. The molecule has 12 nitrogen and oxygen atoms in total. The molecule has 0 bridgehead atoms. The van der Waals surface area contributed by atoms with Gasteiger partial charge in [0.25, 0.3) is 0 Å². The van der Waals surface area contributed by atoms with E-state index in [9.17, 15) is 19.5 Å². The number of aryl methyl sites for hydroxylation is 1. The van der Waals surface area contributed by atoms with E-state index in [2.05, 4.69) is 26.1 Å². The number of likely N-dealkylation sites (N-methyl/N-ethyl adjacent to an activating group) is 1. The molecule has 3 N–H and O–H groups in total. The van der Waals surface area contributed by atoms with Crippen molar-refractivity contribution in [3.05, 3.63) is 23.7 Å². The van der Waals surface area contributed by atoms with E-state index in [1.54, 1.807) is 19.2 Å². The Morgan fingerprint density at radius 1 is 1.34 bits per heavy atom. The highest BCUT2D eigenvalue weighted by Crippen LogP contribution is 2.34. The first kappa shape index (κ1) is 23.4. The number of aromatic nitrogens is 4. The Hall–Kier alpha value is -3.28. The molecule has 12 heteroatoms. The fraction of sp³-hybridized carbons (Fsp3) is 0.600. The van der Waals surface area contributed by atoms with Crippen LogP contribution < -0.4 is 10.6 Å². The highest BCUT2D eigenvalue weighted by atomic mass is 16.5. The molecular formula is C20H29N7O5. The van der Waals surface area contributed by atoms with Crippen LogP contribution >= 0.6 is 0 Å². The molecule has 0 spiro atoms. The molecule has 32 heavy (non-hydrogen) atoms. The van der Waals surface area contributed by atoms with Gasteiger partial charge < -0.3 is 25.2 Å². The molecule has 1 fully saturated rings. The zero-order chi connectivity index (χ0) is 23.6. The largest absolute Gasteiger partial charge is 0.391 e. The first-order valence-electron chi connectivity index (χ1n) is 10.3. The summed E-state index contributed by atoms with van der Waals surface area (Å²) in [6, 6.07) is 0.0469. The van der Waals surface area contributed by atoms with Crippen LogP contribution in [0.25, 0.3) is 0 Å². The first-order valence-corrected chi connectivity index (χ1v) is 10.3. The second-order valence-corrected chi connectivity index (χ2v) is 9.02. The molecule has 0 radical (unpaired) electrons. The fourth-order valence-electron chi connectivity index (χ4n) is 3.81. The Bertz CT molecular complexity index is 993. The van der Waals surface area contributed by atoms with Gasteiger partial charge in [-0.1, -0.05) is 31.1 Å². The lowest BCUT2D eigenvalue weighted by Gasteiger charge is -2.34. The fourth-order valence-corrected chi connectivity index (χ4v) is 3.81. The van der Waals surface area contributed by atoms with Gasteiger partial charge in [-0.3, -0.25) is 14.4 Å². The third-order valence-corrected chi connectivity index (χ3v) is 5.22. The molecule has 2 aromatic rings. The molecule has 2 unspecified atom stereocenters. The summed E-state index contributed by atoms with van der Waals surface area (Å²) in [5, 5.41) is 27.1. The topological polar surface area (TPSA) is 155 Å². The number of carbonyl (C=O) groups excluding carboxylic acids is 3. The third-order valence-electron chi connectivity index (χ3n) is 5.22. The normalized spacial score (nSPS) is 19.6. The van der Waals surface area contributed by atoms with E-state index < -0.39 is 23.6 Å². The van der Waals surface area contributed by atoms with Gasteiger partial charge in [-0.05, 0) is 12.3 Å². The Kier molecular flexibility index (Phi) is 6.63. The van der Waals surface area contributed by atoms with Gasteiger partial charge in [0.05, 0.1) is 18.2 Å². The average Bonchev–Trinajstić information content (AvgIpc) is 3.41.